The number of ether oxygens (including phenoxy) is 1. The molecule has 4 nitrogen and oxygen atoms in total. The molecule has 0 saturated carbocycles. The van der Waals surface area contributed by atoms with E-state index < -0.39 is 17.6 Å². The number of benzene rings is 2. The van der Waals surface area contributed by atoms with Gasteiger partial charge in [-0.1, -0.05) is 23.7 Å². The lowest BCUT2D eigenvalue weighted by atomic mass is 10.1. The van der Waals surface area contributed by atoms with Crippen LogP contribution in [0.5, 0.6) is 5.75 Å². The molecule has 2 amide bonds. The highest BCUT2D eigenvalue weighted by atomic mass is 35.5. The van der Waals surface area contributed by atoms with E-state index in [1.807, 2.05) is 0 Å². The molecule has 0 fully saturated rings. The number of methoxy groups -OCH3 is 1. The summed E-state index contributed by atoms with van der Waals surface area (Å²) in [5.41, 5.74) is 0.842. The van der Waals surface area contributed by atoms with Gasteiger partial charge in [0.15, 0.2) is 0 Å². The highest BCUT2D eigenvalue weighted by molar-refractivity contribution is 6.60. The number of anilines is 1. The van der Waals surface area contributed by atoms with E-state index in [0.717, 1.165) is 4.90 Å². The molecular formula is C17H11ClFNO3. The van der Waals surface area contributed by atoms with Crippen LogP contribution < -0.4 is 9.64 Å². The molecule has 0 aromatic heterocycles. The van der Waals surface area contributed by atoms with E-state index in [1.165, 1.54) is 31.4 Å². The van der Waals surface area contributed by atoms with Crippen molar-refractivity contribution in [2.24, 2.45) is 0 Å². The molecule has 1 aliphatic rings. The van der Waals surface area contributed by atoms with Crippen molar-refractivity contribution < 1.29 is 18.7 Å². The van der Waals surface area contributed by atoms with Crippen molar-refractivity contribution in [3.8, 4) is 5.75 Å². The smallest absolute Gasteiger partial charge is 0.277 e. The molecule has 1 heterocycles. The predicted molar refractivity (Wildman–Crippen MR) is 84.7 cm³/mol. The Morgan fingerprint density at radius 3 is 2.13 bits per heavy atom. The van der Waals surface area contributed by atoms with Gasteiger partial charge in [-0.15, -0.1) is 0 Å². The number of amides is 2. The van der Waals surface area contributed by atoms with Crippen LogP contribution in [0, 0.1) is 5.82 Å². The summed E-state index contributed by atoms with van der Waals surface area (Å²) in [6.07, 6.45) is 0. The molecule has 1 aliphatic heterocycles. The van der Waals surface area contributed by atoms with Crippen molar-refractivity contribution in [1.82, 2.24) is 0 Å². The number of halogens is 2. The topological polar surface area (TPSA) is 46.6 Å². The summed E-state index contributed by atoms with van der Waals surface area (Å²) in [7, 11) is 1.52. The Balaban J connectivity index is 1.99. The third kappa shape index (κ3) is 2.59. The van der Waals surface area contributed by atoms with Gasteiger partial charge in [-0.3, -0.25) is 9.59 Å². The fraction of sp³-hybridized carbons (Fsp3) is 0.0588. The van der Waals surface area contributed by atoms with Gasteiger partial charge in [-0.25, -0.2) is 9.29 Å². The zero-order chi connectivity index (χ0) is 16.6. The number of hydrogen-bond donors (Lipinski definition) is 0. The van der Waals surface area contributed by atoms with Gasteiger partial charge in [-0.05, 0) is 42.0 Å². The number of carbonyl (C=O) groups excluding carboxylic acids is 2. The molecule has 2 aromatic carbocycles. The van der Waals surface area contributed by atoms with Gasteiger partial charge >= 0.3 is 0 Å². The minimum atomic E-state index is -0.610. The van der Waals surface area contributed by atoms with E-state index in [0.29, 0.717) is 17.0 Å². The van der Waals surface area contributed by atoms with Crippen LogP contribution in [0.1, 0.15) is 5.56 Å². The first-order chi connectivity index (χ1) is 11.0. The first kappa shape index (κ1) is 15.2. The average Bonchev–Trinajstić information content (AvgIpc) is 2.78. The molecular weight excluding hydrogens is 321 g/mol. The fourth-order valence-corrected chi connectivity index (χ4v) is 2.61. The zero-order valence-electron chi connectivity index (χ0n) is 12.0. The Morgan fingerprint density at radius 1 is 0.957 bits per heavy atom. The number of nitrogens with zero attached hydrogens (tertiary/aromatic N) is 1. The molecule has 0 atom stereocenters. The second kappa shape index (κ2) is 5.85. The molecule has 0 radical (unpaired) electrons. The lowest BCUT2D eigenvalue weighted by Gasteiger charge is -2.15. The summed E-state index contributed by atoms with van der Waals surface area (Å²) in [4.78, 5) is 25.9. The molecule has 23 heavy (non-hydrogen) atoms. The third-order valence-corrected chi connectivity index (χ3v) is 3.84. The van der Waals surface area contributed by atoms with E-state index in [1.54, 1.807) is 24.3 Å². The molecule has 116 valence electrons. The third-order valence-electron chi connectivity index (χ3n) is 3.49. The van der Waals surface area contributed by atoms with Crippen molar-refractivity contribution in [3.63, 3.8) is 0 Å². The second-order valence-electron chi connectivity index (χ2n) is 4.84. The van der Waals surface area contributed by atoms with Gasteiger partial charge < -0.3 is 4.74 Å². The molecule has 3 rings (SSSR count). The molecule has 0 N–H and O–H groups in total. The lowest BCUT2D eigenvalue weighted by molar-refractivity contribution is -0.119. The summed E-state index contributed by atoms with van der Waals surface area (Å²) in [6.45, 7) is 0. The molecule has 6 heteroatoms. The number of rotatable bonds is 3. The Hall–Kier alpha value is -2.66. The summed E-state index contributed by atoms with van der Waals surface area (Å²) in [5.74, 6) is -0.988. The number of carbonyl (C=O) groups is 2. The van der Waals surface area contributed by atoms with Gasteiger partial charge in [0.1, 0.15) is 16.6 Å². The average molecular weight is 332 g/mol. The number of hydrogen-bond acceptors (Lipinski definition) is 3. The summed E-state index contributed by atoms with van der Waals surface area (Å²) in [6, 6.07) is 11.7. The van der Waals surface area contributed by atoms with Crippen molar-refractivity contribution in [2.45, 2.75) is 0 Å². The lowest BCUT2D eigenvalue weighted by Crippen LogP contribution is -2.31. The SMILES string of the molecule is COc1ccc(N2C(=O)C(Cl)=C(c3ccc(F)cc3)C2=O)cc1. The molecule has 0 saturated heterocycles. The van der Waals surface area contributed by atoms with Crippen LogP contribution in [0.15, 0.2) is 53.6 Å². The van der Waals surface area contributed by atoms with Gasteiger partial charge in [0.25, 0.3) is 11.8 Å². The van der Waals surface area contributed by atoms with Crippen molar-refractivity contribution >= 4 is 34.7 Å². The molecule has 2 aromatic rings. The number of imide groups is 1. The van der Waals surface area contributed by atoms with Crippen LogP contribution in [-0.4, -0.2) is 18.9 Å². The maximum absolute atomic E-state index is 13.0. The predicted octanol–water partition coefficient (Wildman–Crippen LogP) is 3.36. The van der Waals surface area contributed by atoms with Gasteiger partial charge in [0.05, 0.1) is 18.4 Å². The molecule has 0 spiro atoms. The quantitative estimate of drug-likeness (QED) is 0.810. The van der Waals surface area contributed by atoms with Gasteiger partial charge in [0.2, 0.25) is 0 Å². The second-order valence-corrected chi connectivity index (χ2v) is 5.22. The summed E-state index contributed by atoms with van der Waals surface area (Å²) in [5, 5.41) is -0.183. The minimum absolute atomic E-state index is 0.0625. The summed E-state index contributed by atoms with van der Waals surface area (Å²) < 4.78 is 18.1. The van der Waals surface area contributed by atoms with Crippen molar-refractivity contribution in [3.05, 3.63) is 64.9 Å². The Bertz CT molecular complexity index is 813. The monoisotopic (exact) mass is 331 g/mol. The van der Waals surface area contributed by atoms with E-state index in [2.05, 4.69) is 0 Å². The zero-order valence-corrected chi connectivity index (χ0v) is 12.8. The maximum atomic E-state index is 13.0. The normalized spacial score (nSPS) is 14.7. The first-order valence-corrected chi connectivity index (χ1v) is 7.09. The summed E-state index contributed by atoms with van der Waals surface area (Å²) >= 11 is 6.05. The largest absolute Gasteiger partial charge is 0.497 e. The Morgan fingerprint density at radius 2 is 1.57 bits per heavy atom. The van der Waals surface area contributed by atoms with Crippen LogP contribution in [0.25, 0.3) is 5.57 Å². The van der Waals surface area contributed by atoms with Crippen LogP contribution in [0.2, 0.25) is 0 Å². The Labute approximate surface area is 136 Å². The fourth-order valence-electron chi connectivity index (χ4n) is 2.34. The first-order valence-electron chi connectivity index (χ1n) is 6.71. The van der Waals surface area contributed by atoms with Gasteiger partial charge in [-0.2, -0.15) is 0 Å². The highest BCUT2D eigenvalue weighted by Gasteiger charge is 2.39. The Kier molecular flexibility index (Phi) is 3.88. The van der Waals surface area contributed by atoms with Crippen LogP contribution in [0.3, 0.4) is 0 Å². The van der Waals surface area contributed by atoms with Gasteiger partial charge in [0, 0.05) is 0 Å². The molecule has 0 unspecified atom stereocenters. The van der Waals surface area contributed by atoms with Crippen LogP contribution in [-0.2, 0) is 9.59 Å². The molecule has 0 aliphatic carbocycles. The van der Waals surface area contributed by atoms with E-state index in [-0.39, 0.29) is 10.6 Å². The van der Waals surface area contributed by atoms with Crippen LogP contribution >= 0.6 is 11.6 Å². The maximum Gasteiger partial charge on any atom is 0.277 e. The van der Waals surface area contributed by atoms with E-state index in [9.17, 15) is 14.0 Å². The van der Waals surface area contributed by atoms with Crippen LogP contribution in [0.4, 0.5) is 10.1 Å². The van der Waals surface area contributed by atoms with Crippen molar-refractivity contribution in [2.75, 3.05) is 12.0 Å². The molecule has 0 bridgehead atoms. The minimum Gasteiger partial charge on any atom is -0.497 e. The van der Waals surface area contributed by atoms with Crippen molar-refractivity contribution in [1.29, 1.82) is 0 Å². The van der Waals surface area contributed by atoms with E-state index >= 15 is 0 Å². The van der Waals surface area contributed by atoms with E-state index in [4.69, 9.17) is 16.3 Å². The standard InChI is InChI=1S/C17H11ClFNO3/c1-23-13-8-6-12(7-9-13)20-16(21)14(15(18)17(20)22)10-2-4-11(19)5-3-10/h2-9H,1H3. The highest BCUT2D eigenvalue weighted by Crippen LogP contribution is 2.35.